The maximum Gasteiger partial charge on any atom is 0.239 e. The number of methoxy groups -OCH3 is 1. The summed E-state index contributed by atoms with van der Waals surface area (Å²) in [6.07, 6.45) is 2.14. The third-order valence-electron chi connectivity index (χ3n) is 4.61. The predicted octanol–water partition coefficient (Wildman–Crippen LogP) is 2.48. The molecule has 0 saturated carbocycles. The lowest BCUT2D eigenvalue weighted by atomic mass is 10.1. The number of amides is 1. The zero-order valence-corrected chi connectivity index (χ0v) is 17.9. The van der Waals surface area contributed by atoms with Crippen LogP contribution >= 0.6 is 15.9 Å². The second kappa shape index (κ2) is 9.02. The molecule has 1 amide bonds. The number of anilines is 1. The SMILES string of the molecule is COc1ccc(CN(CC(=O)Nc2ccc(Br)cn2)C2CCS(=O)(=O)C2)cc1. The van der Waals surface area contributed by atoms with Crippen LogP contribution in [0.4, 0.5) is 5.82 Å². The van der Waals surface area contributed by atoms with E-state index < -0.39 is 9.84 Å². The van der Waals surface area contributed by atoms with Crippen molar-refractivity contribution in [2.24, 2.45) is 0 Å². The summed E-state index contributed by atoms with van der Waals surface area (Å²) in [5.74, 6) is 1.21. The Bertz CT molecular complexity index is 917. The van der Waals surface area contributed by atoms with Crippen molar-refractivity contribution in [1.29, 1.82) is 0 Å². The zero-order valence-electron chi connectivity index (χ0n) is 15.5. The Kier molecular flexibility index (Phi) is 6.69. The Balaban J connectivity index is 1.71. The van der Waals surface area contributed by atoms with Crippen LogP contribution < -0.4 is 10.1 Å². The molecule has 1 aliphatic rings. The van der Waals surface area contributed by atoms with Crippen LogP contribution in [-0.4, -0.2) is 55.4 Å². The van der Waals surface area contributed by atoms with Crippen LogP contribution in [0.25, 0.3) is 0 Å². The number of nitrogens with one attached hydrogen (secondary N) is 1. The average molecular weight is 468 g/mol. The van der Waals surface area contributed by atoms with Crippen LogP contribution in [0.5, 0.6) is 5.75 Å². The predicted molar refractivity (Wildman–Crippen MR) is 111 cm³/mol. The summed E-state index contributed by atoms with van der Waals surface area (Å²) < 4.78 is 29.9. The molecule has 1 aliphatic heterocycles. The summed E-state index contributed by atoms with van der Waals surface area (Å²) in [4.78, 5) is 18.6. The molecule has 150 valence electrons. The number of sulfone groups is 1. The Hall–Kier alpha value is -1.97. The van der Waals surface area contributed by atoms with Crippen LogP contribution in [-0.2, 0) is 21.2 Å². The van der Waals surface area contributed by atoms with E-state index in [2.05, 4.69) is 26.2 Å². The molecule has 28 heavy (non-hydrogen) atoms. The lowest BCUT2D eigenvalue weighted by Crippen LogP contribution is -2.41. The number of ether oxygens (including phenoxy) is 1. The quantitative estimate of drug-likeness (QED) is 0.672. The van der Waals surface area contributed by atoms with E-state index in [0.29, 0.717) is 18.8 Å². The van der Waals surface area contributed by atoms with Gasteiger partial charge in [-0.1, -0.05) is 12.1 Å². The Labute approximate surface area is 173 Å². The topological polar surface area (TPSA) is 88.6 Å². The molecule has 9 heteroatoms. The number of hydrogen-bond donors (Lipinski definition) is 1. The van der Waals surface area contributed by atoms with E-state index in [9.17, 15) is 13.2 Å². The molecule has 1 N–H and O–H groups in total. The molecule has 1 aromatic heterocycles. The van der Waals surface area contributed by atoms with Gasteiger partial charge in [0, 0.05) is 23.3 Å². The minimum absolute atomic E-state index is 0.0764. The number of carbonyl (C=O) groups is 1. The Morgan fingerprint density at radius 2 is 2.04 bits per heavy atom. The first-order chi connectivity index (χ1) is 13.3. The number of aromatic nitrogens is 1. The fourth-order valence-corrected chi connectivity index (χ4v) is 5.16. The lowest BCUT2D eigenvalue weighted by molar-refractivity contribution is -0.117. The summed E-state index contributed by atoms with van der Waals surface area (Å²) in [5, 5.41) is 2.77. The first kappa shape index (κ1) is 20.8. The lowest BCUT2D eigenvalue weighted by Gasteiger charge is -2.27. The molecule has 2 heterocycles. The van der Waals surface area contributed by atoms with Crippen molar-refractivity contribution >= 4 is 37.5 Å². The highest BCUT2D eigenvalue weighted by Gasteiger charge is 2.33. The van der Waals surface area contributed by atoms with Gasteiger partial charge in [-0.05, 0) is 52.2 Å². The normalized spacial score (nSPS) is 18.2. The Morgan fingerprint density at radius 1 is 1.29 bits per heavy atom. The summed E-state index contributed by atoms with van der Waals surface area (Å²) in [7, 11) is -1.45. The molecule has 0 aliphatic carbocycles. The van der Waals surface area contributed by atoms with Gasteiger partial charge in [0.25, 0.3) is 0 Å². The van der Waals surface area contributed by atoms with E-state index >= 15 is 0 Å². The van der Waals surface area contributed by atoms with Gasteiger partial charge >= 0.3 is 0 Å². The third-order valence-corrected chi connectivity index (χ3v) is 6.83. The van der Waals surface area contributed by atoms with Crippen molar-refractivity contribution < 1.29 is 17.9 Å². The summed E-state index contributed by atoms with van der Waals surface area (Å²) in [5.41, 5.74) is 0.986. The number of carbonyl (C=O) groups excluding carboxylic acids is 1. The molecular formula is C19H22BrN3O4S. The molecule has 2 aromatic rings. The number of halogens is 1. The second-order valence-corrected chi connectivity index (χ2v) is 9.86. The van der Waals surface area contributed by atoms with Gasteiger partial charge in [-0.15, -0.1) is 0 Å². The van der Waals surface area contributed by atoms with Crippen molar-refractivity contribution in [3.8, 4) is 5.75 Å². The van der Waals surface area contributed by atoms with Gasteiger partial charge in [-0.25, -0.2) is 13.4 Å². The maximum absolute atomic E-state index is 12.5. The van der Waals surface area contributed by atoms with E-state index in [-0.39, 0.29) is 30.0 Å². The molecule has 0 spiro atoms. The highest BCUT2D eigenvalue weighted by Crippen LogP contribution is 2.21. The van der Waals surface area contributed by atoms with Gasteiger partial charge in [0.15, 0.2) is 9.84 Å². The highest BCUT2D eigenvalue weighted by molar-refractivity contribution is 9.10. The van der Waals surface area contributed by atoms with E-state index in [0.717, 1.165) is 15.8 Å². The van der Waals surface area contributed by atoms with Crippen LogP contribution in [0, 0.1) is 0 Å². The van der Waals surface area contributed by atoms with E-state index in [4.69, 9.17) is 4.74 Å². The molecule has 1 aromatic carbocycles. The fourth-order valence-electron chi connectivity index (χ4n) is 3.16. The van der Waals surface area contributed by atoms with E-state index in [1.54, 1.807) is 25.4 Å². The van der Waals surface area contributed by atoms with E-state index in [1.807, 2.05) is 29.2 Å². The van der Waals surface area contributed by atoms with Crippen LogP contribution in [0.1, 0.15) is 12.0 Å². The maximum atomic E-state index is 12.5. The molecule has 0 radical (unpaired) electrons. The number of rotatable bonds is 7. The number of pyridine rings is 1. The smallest absolute Gasteiger partial charge is 0.239 e. The Morgan fingerprint density at radius 3 is 2.61 bits per heavy atom. The summed E-state index contributed by atoms with van der Waals surface area (Å²) in [6.45, 7) is 0.565. The number of nitrogens with zero attached hydrogens (tertiary/aromatic N) is 2. The van der Waals surface area contributed by atoms with Gasteiger partial charge in [-0.2, -0.15) is 0 Å². The highest BCUT2D eigenvalue weighted by atomic mass is 79.9. The number of benzene rings is 1. The monoisotopic (exact) mass is 467 g/mol. The molecule has 1 unspecified atom stereocenters. The molecule has 1 saturated heterocycles. The molecule has 1 atom stereocenters. The van der Waals surface area contributed by atoms with Gasteiger partial charge in [0.1, 0.15) is 11.6 Å². The number of hydrogen-bond acceptors (Lipinski definition) is 6. The second-order valence-electron chi connectivity index (χ2n) is 6.72. The molecule has 3 rings (SSSR count). The van der Waals surface area contributed by atoms with Gasteiger partial charge in [0.05, 0.1) is 25.2 Å². The van der Waals surface area contributed by atoms with Crippen molar-refractivity contribution in [1.82, 2.24) is 9.88 Å². The first-order valence-electron chi connectivity index (χ1n) is 8.83. The van der Waals surface area contributed by atoms with Crippen molar-refractivity contribution in [2.75, 3.05) is 30.5 Å². The van der Waals surface area contributed by atoms with E-state index in [1.165, 1.54) is 0 Å². The molecule has 7 nitrogen and oxygen atoms in total. The average Bonchev–Trinajstić information content (AvgIpc) is 3.03. The van der Waals surface area contributed by atoms with Crippen molar-refractivity contribution in [2.45, 2.75) is 19.0 Å². The van der Waals surface area contributed by atoms with Crippen LogP contribution in [0.3, 0.4) is 0 Å². The fraction of sp³-hybridized carbons (Fsp3) is 0.368. The first-order valence-corrected chi connectivity index (χ1v) is 11.4. The van der Waals surface area contributed by atoms with Crippen molar-refractivity contribution in [3.05, 3.63) is 52.6 Å². The third kappa shape index (κ3) is 5.76. The minimum Gasteiger partial charge on any atom is -0.497 e. The van der Waals surface area contributed by atoms with Gasteiger partial charge in [0.2, 0.25) is 5.91 Å². The summed E-state index contributed by atoms with van der Waals surface area (Å²) in [6, 6.07) is 10.9. The minimum atomic E-state index is -3.05. The molecular weight excluding hydrogens is 446 g/mol. The zero-order chi connectivity index (χ0) is 20.1. The van der Waals surface area contributed by atoms with Gasteiger partial charge in [-0.3, -0.25) is 9.69 Å². The van der Waals surface area contributed by atoms with Gasteiger partial charge < -0.3 is 10.1 Å². The largest absolute Gasteiger partial charge is 0.497 e. The molecule has 1 fully saturated rings. The molecule has 0 bridgehead atoms. The van der Waals surface area contributed by atoms with Crippen LogP contribution in [0.2, 0.25) is 0 Å². The van der Waals surface area contributed by atoms with Crippen molar-refractivity contribution in [3.63, 3.8) is 0 Å². The summed E-state index contributed by atoms with van der Waals surface area (Å²) >= 11 is 3.31. The van der Waals surface area contributed by atoms with Crippen LogP contribution in [0.15, 0.2) is 47.1 Å². The standard InChI is InChI=1S/C19H22BrN3O4S/c1-27-17-5-2-14(3-6-17)11-23(16-8-9-28(25,26)13-16)12-19(24)22-18-7-4-15(20)10-21-18/h2-7,10,16H,8-9,11-13H2,1H3,(H,21,22,24).